The Kier molecular flexibility index (Phi) is 82.2. The van der Waals surface area contributed by atoms with Gasteiger partial charge in [-0.15, -0.1) is 12.8 Å². The monoisotopic (exact) mass is 1960 g/mol. The van der Waals surface area contributed by atoms with Crippen LogP contribution in [0.1, 0.15) is 193 Å². The number of anilines is 7. The Balaban J connectivity index is -0.000000523. The van der Waals surface area contributed by atoms with Gasteiger partial charge in [0.1, 0.15) is 0 Å². The van der Waals surface area contributed by atoms with Gasteiger partial charge in [-0.3, -0.25) is 0 Å². The third-order valence-corrected chi connectivity index (χ3v) is 34.8. The molecule has 4 heterocycles. The van der Waals surface area contributed by atoms with Crippen molar-refractivity contribution in [2.75, 3.05) is 209 Å². The van der Waals surface area contributed by atoms with Crippen LogP contribution < -0.4 is 42.5 Å². The first-order chi connectivity index (χ1) is 57.5. The van der Waals surface area contributed by atoms with Gasteiger partial charge in [-0.2, -0.15) is 59.8 Å². The van der Waals surface area contributed by atoms with Crippen molar-refractivity contribution >= 4 is 152 Å². The fraction of sp³-hybridized carbons (Fsp3) is 0.811. The first kappa shape index (κ1) is 128. The van der Waals surface area contributed by atoms with Gasteiger partial charge < -0.3 is 122 Å². The second-order valence-electron chi connectivity index (χ2n) is 23.7. The molecule has 0 saturated heterocycles. The second kappa shape index (κ2) is 79.2. The number of hydrogen-bond donors (Lipinski definition) is 8. The van der Waals surface area contributed by atoms with E-state index in [2.05, 4.69) is 115 Å². The topological polar surface area (TPSA) is 417 Å². The molecule has 0 saturated carbocycles. The maximum Gasteiger partial charge on any atom is 0.500 e. The quantitative estimate of drug-likeness (QED) is 0.00881. The summed E-state index contributed by atoms with van der Waals surface area (Å²) in [5.74, 6) is 3.08. The molecule has 4 rings (SSSR count). The highest BCUT2D eigenvalue weighted by Crippen LogP contribution is 2.26. The molecule has 38 nitrogen and oxygen atoms in total. The zero-order chi connectivity index (χ0) is 89.0. The molecule has 0 radical (unpaired) electrons. The van der Waals surface area contributed by atoms with Crippen LogP contribution in [0.2, 0.25) is 62.7 Å². The molecule has 0 unspecified atom stereocenters. The summed E-state index contributed by atoms with van der Waals surface area (Å²) in [5, 5.41) is 25.9. The zero-order valence-electron chi connectivity index (χ0n) is 73.9. The molecule has 4 aromatic heterocycles. The molecule has 4 aromatic rings. The smallest absolute Gasteiger partial charge is 0.374 e. The highest BCUT2D eigenvalue weighted by molar-refractivity contribution is 6.62. The molecule has 0 aliphatic heterocycles. The van der Waals surface area contributed by atoms with E-state index in [4.69, 9.17) is 138 Å². The van der Waals surface area contributed by atoms with Gasteiger partial charge in [0.2, 0.25) is 68.1 Å². The van der Waals surface area contributed by atoms with E-state index in [9.17, 15) is 0 Å². The van der Waals surface area contributed by atoms with Crippen LogP contribution in [-0.2, 0) is 79.7 Å². The van der Waals surface area contributed by atoms with Gasteiger partial charge in [-0.1, -0.05) is 29.7 Å². The zero-order valence-corrected chi connectivity index (χ0v) is 83.7. The summed E-state index contributed by atoms with van der Waals surface area (Å²) in [6, 6.07) is 4.22. The highest BCUT2D eigenvalue weighted by atomic mass is 35.5. The third-order valence-electron chi connectivity index (χ3n) is 15.0. The largest absolute Gasteiger partial charge is 0.500 e. The molecule has 0 fully saturated rings. The number of nitrogens with one attached hydrogen (secondary N) is 8. The lowest BCUT2D eigenvalue weighted by Crippen LogP contribution is -2.46. The molecular formula is C74H157Cl5N20O18Si6. The van der Waals surface area contributed by atoms with Crippen molar-refractivity contribution in [3.8, 4) is 12.8 Å². The van der Waals surface area contributed by atoms with Gasteiger partial charge >= 0.3 is 52.8 Å². The maximum absolute atomic E-state index is 6.12. The van der Waals surface area contributed by atoms with Crippen molar-refractivity contribution in [3.05, 3.63) is 26.4 Å². The fourth-order valence-corrected chi connectivity index (χ4v) is 27.7. The second-order valence-corrected chi connectivity index (χ2v) is 41.8. The van der Waals surface area contributed by atoms with Crippen LogP contribution in [-0.4, -0.2) is 285 Å². The molecule has 0 aliphatic carbocycles. The summed E-state index contributed by atoms with van der Waals surface area (Å²) >= 11 is 28.2. The molecule has 8 N–H and O–H groups in total. The van der Waals surface area contributed by atoms with Crippen LogP contribution in [0, 0.1) is 12.8 Å². The molecular weight excluding hydrogens is 1800 g/mol. The molecule has 720 valence electrons. The van der Waals surface area contributed by atoms with Crippen LogP contribution in [0.4, 0.5) is 41.6 Å². The summed E-state index contributed by atoms with van der Waals surface area (Å²) in [6.45, 7) is 49.5. The average molecular weight is 1960 g/mol. The van der Waals surface area contributed by atoms with E-state index in [0.29, 0.717) is 243 Å². The lowest BCUT2D eigenvalue weighted by atomic mass is 10.5. The first-order valence-electron chi connectivity index (χ1n) is 41.4. The first-order valence-corrected chi connectivity index (χ1v) is 54.9. The van der Waals surface area contributed by atoms with Crippen molar-refractivity contribution in [1.29, 1.82) is 0 Å². The van der Waals surface area contributed by atoms with E-state index in [1.54, 1.807) is 0 Å². The summed E-state index contributed by atoms with van der Waals surface area (Å²) < 4.78 is 106. The predicted molar refractivity (Wildman–Crippen MR) is 510 cm³/mol. The summed E-state index contributed by atoms with van der Waals surface area (Å²) in [7, 11) is -14.2. The van der Waals surface area contributed by atoms with Gasteiger partial charge in [0, 0.05) is 194 Å². The van der Waals surface area contributed by atoms with E-state index in [1.807, 2.05) is 132 Å². The van der Waals surface area contributed by atoms with E-state index >= 15 is 0 Å². The Labute approximate surface area is 769 Å². The number of hydrogen-bond acceptors (Lipinski definition) is 38. The molecule has 0 atom stereocenters. The van der Waals surface area contributed by atoms with Crippen molar-refractivity contribution in [2.45, 2.75) is 229 Å². The predicted octanol–water partition coefficient (Wildman–Crippen LogP) is 16.2. The number of halogens is 5. The SMILES string of the molecule is C.C.C.C.C#C.CCO[Si](CCCNc1nc(Cl)nc(NCCC[Si](OCC)(OCC)OCC)n1)(OCC)OCC.CCO[Si](CCCNc1nc(Cl)nc(NCCC[Si](OCC)(OCC)OCC)n1)(OCC)OCC.CCO[Si](CCCNc1nc(NCCC[Si](OCC)(OCC)OCC)nc(NCNC)n1)(OCC)OCC.Clc1nc(Cl)nc(Cl)n1. The highest BCUT2D eigenvalue weighted by Gasteiger charge is 2.44. The Morgan fingerprint density at radius 1 is 0.211 bits per heavy atom. The van der Waals surface area contributed by atoms with Crippen molar-refractivity contribution in [2.24, 2.45) is 0 Å². The summed E-state index contributed by atoms with van der Waals surface area (Å²) in [4.78, 5) is 49.5. The Morgan fingerprint density at radius 3 is 0.463 bits per heavy atom. The van der Waals surface area contributed by atoms with E-state index < -0.39 is 52.8 Å². The minimum atomic E-state index is -2.68. The molecule has 123 heavy (non-hydrogen) atoms. The van der Waals surface area contributed by atoms with Gasteiger partial charge in [0.15, 0.2) is 0 Å². The van der Waals surface area contributed by atoms with Crippen LogP contribution in [0.5, 0.6) is 0 Å². The van der Waals surface area contributed by atoms with Crippen LogP contribution in [0.3, 0.4) is 0 Å². The molecule has 0 spiro atoms. The number of rotatable bonds is 69. The molecule has 0 aromatic carbocycles. The van der Waals surface area contributed by atoms with Gasteiger partial charge in [-0.25, -0.2) is 0 Å². The number of terminal acetylenes is 1. The van der Waals surface area contributed by atoms with Gasteiger partial charge in [0.05, 0.1) is 6.67 Å². The van der Waals surface area contributed by atoms with Crippen molar-refractivity contribution in [1.82, 2.24) is 65.1 Å². The lowest BCUT2D eigenvalue weighted by molar-refractivity contribution is 0.0702. The summed E-state index contributed by atoms with van der Waals surface area (Å²) in [5.41, 5.74) is 0. The Morgan fingerprint density at radius 2 is 0.333 bits per heavy atom. The van der Waals surface area contributed by atoms with Gasteiger partial charge in [-0.05, 0) is 228 Å². The number of aromatic nitrogens is 12. The van der Waals surface area contributed by atoms with Crippen molar-refractivity contribution < 1.29 is 79.7 Å². The average Bonchev–Trinajstić information content (AvgIpc) is 0.860. The molecule has 49 heteroatoms. The van der Waals surface area contributed by atoms with Gasteiger partial charge in [0.25, 0.3) is 0 Å². The Bertz CT molecular complexity index is 2770. The Hall–Kier alpha value is -3.81. The fourth-order valence-electron chi connectivity index (χ4n) is 11.1. The lowest BCUT2D eigenvalue weighted by Gasteiger charge is -2.28. The van der Waals surface area contributed by atoms with Crippen LogP contribution in [0.15, 0.2) is 0 Å². The van der Waals surface area contributed by atoms with Crippen LogP contribution in [0.25, 0.3) is 0 Å². The minimum Gasteiger partial charge on any atom is -0.374 e. The summed E-state index contributed by atoms with van der Waals surface area (Å²) in [6.07, 6.45) is 12.7. The number of nitrogens with zero attached hydrogens (tertiary/aromatic N) is 12. The molecule has 0 aliphatic rings. The normalized spacial score (nSPS) is 11.4. The maximum atomic E-state index is 6.12. The third kappa shape index (κ3) is 56.4. The van der Waals surface area contributed by atoms with E-state index in [0.717, 1.165) is 38.5 Å². The van der Waals surface area contributed by atoms with E-state index in [1.165, 1.54) is 0 Å². The standard InChI is InChI=1S/C23H51N7O6Si2.2C21H44ClN5O6Si2.C3Cl3N3.C2H2.4CH4/c1-8-31-37(32-9-2,33-10-3)18-14-16-25-21-28-22(30-23(29-21)27-20-24-7)26-17-15-19-38(34-11-4,35-12-5)36-13-6;2*1-7-28-34(29-8-2,30-9-3)17-13-15-23-20-25-19(22)26-21(27-20)24-16-14-18-35(31-10-4,32-11-5)33-12-6;4-1-7-2(5)9-3(6)8-1;1-2;;;;/h24H,8-20H2,1-7H3,(H3,25,26,27,28,29,30);2*7-18H2,1-6H3,(H2,23,24,25,26,27);;1-2H;4*1H4. The minimum absolute atomic E-state index is 0. The van der Waals surface area contributed by atoms with Crippen LogP contribution >= 0.6 is 58.0 Å². The molecule has 0 amide bonds. The van der Waals surface area contributed by atoms with E-state index in [-0.39, 0.29) is 56.1 Å². The molecule has 0 bridgehead atoms. The van der Waals surface area contributed by atoms with Crippen molar-refractivity contribution in [3.63, 3.8) is 0 Å².